The normalized spacial score (nSPS) is 17.5. The molecule has 0 radical (unpaired) electrons. The van der Waals surface area contributed by atoms with Crippen LogP contribution in [-0.2, 0) is 14.3 Å². The number of benzene rings is 1. The van der Waals surface area contributed by atoms with E-state index >= 15 is 0 Å². The zero-order valence-corrected chi connectivity index (χ0v) is 14.2. The highest BCUT2D eigenvalue weighted by Crippen LogP contribution is 2.19. The topological polar surface area (TPSA) is 89.8 Å². The van der Waals surface area contributed by atoms with E-state index in [1.54, 1.807) is 4.90 Å². The zero-order valence-electron chi connectivity index (χ0n) is 14.2. The number of non-ortho nitro benzene ring substituents is 1. The first-order valence-corrected chi connectivity index (χ1v) is 8.40. The molecule has 0 N–H and O–H groups in total. The molecule has 0 unspecified atom stereocenters. The van der Waals surface area contributed by atoms with E-state index in [1.165, 1.54) is 36.4 Å². The van der Waals surface area contributed by atoms with Gasteiger partial charge in [0, 0.05) is 30.8 Å². The van der Waals surface area contributed by atoms with Crippen molar-refractivity contribution in [2.45, 2.75) is 38.6 Å². The first-order chi connectivity index (χ1) is 12.0. The number of nitrogens with zero attached hydrogens (tertiary/aromatic N) is 2. The van der Waals surface area contributed by atoms with Crippen LogP contribution < -0.4 is 0 Å². The van der Waals surface area contributed by atoms with Crippen molar-refractivity contribution in [2.75, 3.05) is 13.2 Å². The molecule has 0 saturated carbocycles. The highest BCUT2D eigenvalue weighted by molar-refractivity contribution is 5.89. The van der Waals surface area contributed by atoms with Gasteiger partial charge in [0.15, 0.2) is 6.61 Å². The summed E-state index contributed by atoms with van der Waals surface area (Å²) in [5.74, 6) is -0.777. The van der Waals surface area contributed by atoms with E-state index in [-0.39, 0.29) is 24.2 Å². The number of amides is 1. The molecule has 2 rings (SSSR count). The summed E-state index contributed by atoms with van der Waals surface area (Å²) in [4.78, 5) is 35.8. The number of likely N-dealkylation sites (tertiary alicyclic amines) is 1. The molecule has 7 nitrogen and oxygen atoms in total. The van der Waals surface area contributed by atoms with E-state index in [4.69, 9.17) is 4.74 Å². The lowest BCUT2D eigenvalue weighted by atomic mass is 10.00. The van der Waals surface area contributed by atoms with Crippen LogP contribution in [0.2, 0.25) is 0 Å². The van der Waals surface area contributed by atoms with E-state index in [9.17, 15) is 19.7 Å². The van der Waals surface area contributed by atoms with Crippen molar-refractivity contribution in [3.8, 4) is 0 Å². The smallest absolute Gasteiger partial charge is 0.331 e. The molecule has 0 spiro atoms. The van der Waals surface area contributed by atoms with Crippen LogP contribution in [-0.4, -0.2) is 40.9 Å². The molecule has 0 aromatic heterocycles. The molecule has 1 atom stereocenters. The van der Waals surface area contributed by atoms with Crippen LogP contribution in [0.3, 0.4) is 0 Å². The van der Waals surface area contributed by atoms with Gasteiger partial charge in [0.05, 0.1) is 4.92 Å². The van der Waals surface area contributed by atoms with Crippen molar-refractivity contribution in [2.24, 2.45) is 0 Å². The Morgan fingerprint density at radius 3 is 2.68 bits per heavy atom. The second-order valence-electron chi connectivity index (χ2n) is 5.93. The average molecular weight is 346 g/mol. The first-order valence-electron chi connectivity index (χ1n) is 8.40. The van der Waals surface area contributed by atoms with Gasteiger partial charge in [-0.1, -0.05) is 6.92 Å². The van der Waals surface area contributed by atoms with Crippen molar-refractivity contribution in [3.63, 3.8) is 0 Å². The molecule has 1 aliphatic rings. The minimum absolute atomic E-state index is 0.0164. The van der Waals surface area contributed by atoms with Gasteiger partial charge in [-0.15, -0.1) is 0 Å². The lowest BCUT2D eigenvalue weighted by Gasteiger charge is -2.35. The Morgan fingerprint density at radius 1 is 1.32 bits per heavy atom. The van der Waals surface area contributed by atoms with Crippen LogP contribution in [0, 0.1) is 10.1 Å². The van der Waals surface area contributed by atoms with Crippen molar-refractivity contribution in [1.29, 1.82) is 0 Å². The van der Waals surface area contributed by atoms with E-state index in [0.29, 0.717) is 12.1 Å². The van der Waals surface area contributed by atoms with Gasteiger partial charge >= 0.3 is 5.97 Å². The Kier molecular flexibility index (Phi) is 6.68. The molecule has 134 valence electrons. The molecular weight excluding hydrogens is 324 g/mol. The molecule has 1 aromatic carbocycles. The second-order valence-corrected chi connectivity index (χ2v) is 5.93. The average Bonchev–Trinajstić information content (AvgIpc) is 2.64. The Balaban J connectivity index is 1.83. The van der Waals surface area contributed by atoms with Crippen molar-refractivity contribution in [1.82, 2.24) is 4.90 Å². The molecule has 7 heteroatoms. The highest BCUT2D eigenvalue weighted by Gasteiger charge is 2.25. The number of hydrogen-bond donors (Lipinski definition) is 0. The molecule has 25 heavy (non-hydrogen) atoms. The molecule has 1 aliphatic heterocycles. The third-order valence-electron chi connectivity index (χ3n) is 4.27. The molecule has 1 saturated heterocycles. The quantitative estimate of drug-likeness (QED) is 0.342. The zero-order chi connectivity index (χ0) is 18.2. The largest absolute Gasteiger partial charge is 0.452 e. The number of piperidine rings is 1. The van der Waals surface area contributed by atoms with Crippen LogP contribution in [0.25, 0.3) is 6.08 Å². The van der Waals surface area contributed by atoms with Gasteiger partial charge in [0.1, 0.15) is 0 Å². The van der Waals surface area contributed by atoms with Gasteiger partial charge in [-0.3, -0.25) is 14.9 Å². The lowest BCUT2D eigenvalue weighted by molar-refractivity contribution is -0.384. The Hall–Kier alpha value is -2.70. The molecule has 1 heterocycles. The number of ether oxygens (including phenoxy) is 1. The number of esters is 1. The van der Waals surface area contributed by atoms with Gasteiger partial charge in [0.2, 0.25) is 0 Å². The summed E-state index contributed by atoms with van der Waals surface area (Å²) >= 11 is 0. The molecule has 0 bridgehead atoms. The molecule has 1 fully saturated rings. The third kappa shape index (κ3) is 5.41. The van der Waals surface area contributed by atoms with Gasteiger partial charge < -0.3 is 9.64 Å². The summed E-state index contributed by atoms with van der Waals surface area (Å²) in [6.07, 6.45) is 6.71. The minimum atomic E-state index is -0.614. The van der Waals surface area contributed by atoms with Crippen LogP contribution in [0.5, 0.6) is 0 Å². The molecule has 1 amide bonds. The van der Waals surface area contributed by atoms with Crippen LogP contribution in [0.4, 0.5) is 5.69 Å². The summed E-state index contributed by atoms with van der Waals surface area (Å²) in [6.45, 7) is 2.50. The van der Waals surface area contributed by atoms with E-state index in [1.807, 2.05) is 0 Å². The summed E-state index contributed by atoms with van der Waals surface area (Å²) in [5, 5.41) is 10.6. The van der Waals surface area contributed by atoms with Crippen LogP contribution >= 0.6 is 0 Å². The fourth-order valence-corrected chi connectivity index (χ4v) is 2.89. The molecule has 0 aliphatic carbocycles. The van der Waals surface area contributed by atoms with Crippen molar-refractivity contribution >= 4 is 23.6 Å². The monoisotopic (exact) mass is 346 g/mol. The summed E-state index contributed by atoms with van der Waals surface area (Å²) in [5.41, 5.74) is 0.619. The number of carbonyl (C=O) groups is 2. The van der Waals surface area contributed by atoms with Crippen LogP contribution in [0.15, 0.2) is 30.3 Å². The number of rotatable bonds is 6. The number of nitro benzene ring substituents is 1. The predicted molar refractivity (Wildman–Crippen MR) is 92.7 cm³/mol. The number of nitro groups is 1. The minimum Gasteiger partial charge on any atom is -0.452 e. The lowest BCUT2D eigenvalue weighted by Crippen LogP contribution is -2.45. The third-order valence-corrected chi connectivity index (χ3v) is 4.27. The second kappa shape index (κ2) is 8.96. The highest BCUT2D eigenvalue weighted by atomic mass is 16.6. The Morgan fingerprint density at radius 2 is 2.04 bits per heavy atom. The Labute approximate surface area is 146 Å². The standard InChI is InChI=1S/C18H22N2O5/c1-2-15-5-3-4-12-19(15)17(21)13-25-18(22)11-8-14-6-9-16(10-7-14)20(23)24/h6-11,15H,2-5,12-13H2,1H3/b11-8+/t15-/m0/s1. The van der Waals surface area contributed by atoms with Crippen LogP contribution in [0.1, 0.15) is 38.2 Å². The maximum atomic E-state index is 12.2. The fraction of sp³-hybridized carbons (Fsp3) is 0.444. The summed E-state index contributed by atoms with van der Waals surface area (Å²) in [7, 11) is 0. The van der Waals surface area contributed by atoms with E-state index in [2.05, 4.69) is 6.92 Å². The van der Waals surface area contributed by atoms with E-state index in [0.717, 1.165) is 25.7 Å². The predicted octanol–water partition coefficient (Wildman–Crippen LogP) is 2.94. The first kappa shape index (κ1) is 18.6. The van der Waals surface area contributed by atoms with Gasteiger partial charge in [0.25, 0.3) is 11.6 Å². The van der Waals surface area contributed by atoms with E-state index < -0.39 is 10.9 Å². The van der Waals surface area contributed by atoms with Crippen molar-refractivity contribution in [3.05, 3.63) is 46.0 Å². The van der Waals surface area contributed by atoms with Crippen molar-refractivity contribution < 1.29 is 19.2 Å². The molecular formula is C18H22N2O5. The number of carbonyl (C=O) groups excluding carboxylic acids is 2. The van der Waals surface area contributed by atoms with Gasteiger partial charge in [-0.05, 0) is 49.5 Å². The molecule has 1 aromatic rings. The number of hydrogen-bond acceptors (Lipinski definition) is 5. The maximum absolute atomic E-state index is 12.2. The Bertz CT molecular complexity index is 654. The maximum Gasteiger partial charge on any atom is 0.331 e. The summed E-state index contributed by atoms with van der Waals surface area (Å²) in [6, 6.07) is 6.01. The summed E-state index contributed by atoms with van der Waals surface area (Å²) < 4.78 is 5.01. The van der Waals surface area contributed by atoms with Gasteiger partial charge in [-0.2, -0.15) is 0 Å². The van der Waals surface area contributed by atoms with Gasteiger partial charge in [-0.25, -0.2) is 4.79 Å². The fourth-order valence-electron chi connectivity index (χ4n) is 2.89. The SMILES string of the molecule is CC[C@H]1CCCCN1C(=O)COC(=O)/C=C/c1ccc([N+](=O)[O-])cc1.